The van der Waals surface area contributed by atoms with Gasteiger partial charge in [-0.15, -0.1) is 11.3 Å². The number of hydrogen-bond donors (Lipinski definition) is 1. The Kier molecular flexibility index (Phi) is 5.11. The van der Waals surface area contributed by atoms with E-state index in [9.17, 15) is 0 Å². The molecular weight excluding hydrogens is 252 g/mol. The third kappa shape index (κ3) is 3.43. The van der Waals surface area contributed by atoms with E-state index in [0.717, 1.165) is 18.7 Å². The van der Waals surface area contributed by atoms with Crippen molar-refractivity contribution in [3.63, 3.8) is 0 Å². The van der Waals surface area contributed by atoms with Gasteiger partial charge in [-0.05, 0) is 31.0 Å². The molecule has 0 saturated heterocycles. The first-order valence-corrected chi connectivity index (χ1v) is 7.86. The highest BCUT2D eigenvalue weighted by molar-refractivity contribution is 7.09. The van der Waals surface area contributed by atoms with E-state index >= 15 is 0 Å². The quantitative estimate of drug-likeness (QED) is 0.857. The van der Waals surface area contributed by atoms with Crippen LogP contribution in [-0.2, 0) is 6.42 Å². The molecule has 3 heteroatoms. The Hall–Kier alpha value is -1.19. The molecule has 102 valence electrons. The van der Waals surface area contributed by atoms with Crippen molar-refractivity contribution in [3.05, 3.63) is 51.5 Å². The average molecular weight is 274 g/mol. The molecule has 0 saturated carbocycles. The molecule has 0 aliphatic rings. The molecule has 2 nitrogen and oxygen atoms in total. The summed E-state index contributed by atoms with van der Waals surface area (Å²) in [5.41, 5.74) is 5.81. The zero-order valence-corrected chi connectivity index (χ0v) is 12.8. The van der Waals surface area contributed by atoms with Crippen LogP contribution in [0.3, 0.4) is 0 Å². The summed E-state index contributed by atoms with van der Waals surface area (Å²) >= 11 is 1.73. The molecule has 1 N–H and O–H groups in total. The Balaban J connectivity index is 2.26. The maximum atomic E-state index is 4.37. The largest absolute Gasteiger partial charge is 0.306 e. The summed E-state index contributed by atoms with van der Waals surface area (Å²) in [4.78, 5) is 5.69. The minimum atomic E-state index is 0.271. The van der Waals surface area contributed by atoms with E-state index in [1.54, 1.807) is 11.3 Å². The molecular formula is C16H22N2S. The number of hydrogen-bond acceptors (Lipinski definition) is 3. The fourth-order valence-electron chi connectivity index (χ4n) is 2.32. The van der Waals surface area contributed by atoms with Gasteiger partial charge in [-0.3, -0.25) is 0 Å². The average Bonchev–Trinajstić information content (AvgIpc) is 2.84. The minimum Gasteiger partial charge on any atom is -0.306 e. The zero-order chi connectivity index (χ0) is 13.7. The van der Waals surface area contributed by atoms with Crippen molar-refractivity contribution >= 4 is 11.3 Å². The predicted molar refractivity (Wildman–Crippen MR) is 82.8 cm³/mol. The van der Waals surface area contributed by atoms with E-state index in [0.29, 0.717) is 0 Å². The van der Waals surface area contributed by atoms with Crippen molar-refractivity contribution in [3.8, 4) is 0 Å². The zero-order valence-electron chi connectivity index (χ0n) is 11.9. The third-order valence-corrected chi connectivity index (χ3v) is 4.30. The highest BCUT2D eigenvalue weighted by Crippen LogP contribution is 2.28. The van der Waals surface area contributed by atoms with Crippen LogP contribution in [0.5, 0.6) is 0 Å². The Bertz CT molecular complexity index is 502. The fourth-order valence-corrected chi connectivity index (χ4v) is 3.22. The molecule has 1 heterocycles. The molecule has 0 fully saturated rings. The van der Waals surface area contributed by atoms with Gasteiger partial charge in [0.05, 0.1) is 17.2 Å². The predicted octanol–water partition coefficient (Wildman–Crippen LogP) is 4.10. The Morgan fingerprint density at radius 3 is 2.47 bits per heavy atom. The molecule has 0 bridgehead atoms. The molecule has 2 aromatic rings. The van der Waals surface area contributed by atoms with Gasteiger partial charge in [-0.2, -0.15) is 0 Å². The van der Waals surface area contributed by atoms with Crippen LogP contribution >= 0.6 is 11.3 Å². The van der Waals surface area contributed by atoms with Crippen LogP contribution < -0.4 is 5.32 Å². The highest BCUT2D eigenvalue weighted by Gasteiger charge is 2.17. The maximum absolute atomic E-state index is 4.37. The Morgan fingerprint density at radius 2 is 1.95 bits per heavy atom. The van der Waals surface area contributed by atoms with E-state index in [-0.39, 0.29) is 6.04 Å². The Labute approximate surface area is 119 Å². The molecule has 2 rings (SSSR count). The molecule has 0 spiro atoms. The lowest BCUT2D eigenvalue weighted by Crippen LogP contribution is -2.21. The second kappa shape index (κ2) is 6.83. The maximum Gasteiger partial charge on any atom is 0.0798 e. The first-order valence-electron chi connectivity index (χ1n) is 6.98. The van der Waals surface area contributed by atoms with Crippen LogP contribution in [0.15, 0.2) is 29.8 Å². The van der Waals surface area contributed by atoms with Crippen LogP contribution in [-0.4, -0.2) is 11.5 Å². The van der Waals surface area contributed by atoms with Gasteiger partial charge in [0.25, 0.3) is 0 Å². The van der Waals surface area contributed by atoms with E-state index in [4.69, 9.17) is 0 Å². The van der Waals surface area contributed by atoms with Gasteiger partial charge in [0, 0.05) is 4.88 Å². The Morgan fingerprint density at radius 1 is 1.21 bits per heavy atom. The van der Waals surface area contributed by atoms with Crippen molar-refractivity contribution < 1.29 is 0 Å². The summed E-state index contributed by atoms with van der Waals surface area (Å²) < 4.78 is 0. The van der Waals surface area contributed by atoms with Gasteiger partial charge < -0.3 is 5.32 Å². The first kappa shape index (κ1) is 14.2. The summed E-state index contributed by atoms with van der Waals surface area (Å²) in [7, 11) is 0. The van der Waals surface area contributed by atoms with Crippen LogP contribution in [0.2, 0.25) is 0 Å². The molecule has 0 aliphatic carbocycles. The summed E-state index contributed by atoms with van der Waals surface area (Å²) in [6, 6.07) is 9.27. The molecule has 1 aromatic heterocycles. The standard InChI is InChI=1S/C16H22N2S/c1-4-6-13-7-9-14(10-8-13)15(17-5-2)16-12(3)18-11-19-16/h7-11,15,17H,4-6H2,1-3H3. The highest BCUT2D eigenvalue weighted by atomic mass is 32.1. The van der Waals surface area contributed by atoms with Crippen LogP contribution in [0, 0.1) is 6.92 Å². The first-order chi connectivity index (χ1) is 9.26. The summed E-state index contributed by atoms with van der Waals surface area (Å²) in [6.07, 6.45) is 2.36. The molecule has 19 heavy (non-hydrogen) atoms. The van der Waals surface area contributed by atoms with Crippen molar-refractivity contribution in [1.82, 2.24) is 10.3 Å². The monoisotopic (exact) mass is 274 g/mol. The number of nitrogens with one attached hydrogen (secondary N) is 1. The minimum absolute atomic E-state index is 0.271. The SMILES string of the molecule is CCCc1ccc(C(NCC)c2scnc2C)cc1. The number of nitrogens with zero attached hydrogens (tertiary/aromatic N) is 1. The van der Waals surface area contributed by atoms with Crippen LogP contribution in [0.4, 0.5) is 0 Å². The van der Waals surface area contributed by atoms with E-state index < -0.39 is 0 Å². The molecule has 1 unspecified atom stereocenters. The topological polar surface area (TPSA) is 24.9 Å². The number of rotatable bonds is 6. The van der Waals surface area contributed by atoms with Crippen LogP contribution in [0.25, 0.3) is 0 Å². The van der Waals surface area contributed by atoms with Gasteiger partial charge >= 0.3 is 0 Å². The second-order valence-corrected chi connectivity index (χ2v) is 5.67. The molecule has 1 atom stereocenters. The van der Waals surface area contributed by atoms with Crippen LogP contribution in [0.1, 0.15) is 48.0 Å². The second-order valence-electron chi connectivity index (χ2n) is 4.78. The number of aromatic nitrogens is 1. The smallest absolute Gasteiger partial charge is 0.0798 e. The number of thiazole rings is 1. The molecule has 0 amide bonds. The lowest BCUT2D eigenvalue weighted by molar-refractivity contribution is 0.635. The van der Waals surface area contributed by atoms with Crippen molar-refractivity contribution in [2.45, 2.75) is 39.7 Å². The van der Waals surface area contributed by atoms with E-state index in [2.05, 4.69) is 55.3 Å². The number of aryl methyl sites for hydroxylation is 2. The van der Waals surface area contributed by atoms with Gasteiger partial charge in [0.15, 0.2) is 0 Å². The van der Waals surface area contributed by atoms with Gasteiger partial charge in [0.1, 0.15) is 0 Å². The van der Waals surface area contributed by atoms with Crippen molar-refractivity contribution in [2.24, 2.45) is 0 Å². The third-order valence-electron chi connectivity index (χ3n) is 3.30. The lowest BCUT2D eigenvalue weighted by Gasteiger charge is -2.18. The molecule has 1 aromatic carbocycles. The lowest BCUT2D eigenvalue weighted by atomic mass is 10.0. The van der Waals surface area contributed by atoms with Gasteiger partial charge in [-0.25, -0.2) is 4.98 Å². The summed E-state index contributed by atoms with van der Waals surface area (Å²) in [5.74, 6) is 0. The summed E-state index contributed by atoms with van der Waals surface area (Å²) in [5, 5.41) is 3.56. The summed E-state index contributed by atoms with van der Waals surface area (Å²) in [6.45, 7) is 7.41. The normalized spacial score (nSPS) is 12.6. The van der Waals surface area contributed by atoms with Crippen molar-refractivity contribution in [1.29, 1.82) is 0 Å². The molecule has 0 radical (unpaired) electrons. The van der Waals surface area contributed by atoms with Crippen molar-refractivity contribution in [2.75, 3.05) is 6.54 Å². The van der Waals surface area contributed by atoms with E-state index in [1.165, 1.54) is 22.4 Å². The molecule has 0 aliphatic heterocycles. The van der Waals surface area contributed by atoms with Gasteiger partial charge in [0.2, 0.25) is 0 Å². The fraction of sp³-hybridized carbons (Fsp3) is 0.438. The number of benzene rings is 1. The van der Waals surface area contributed by atoms with Gasteiger partial charge in [-0.1, -0.05) is 44.5 Å². The van der Waals surface area contributed by atoms with E-state index in [1.807, 2.05) is 5.51 Å².